The first-order valence-electron chi connectivity index (χ1n) is 5.18. The second kappa shape index (κ2) is 5.38. The van der Waals surface area contributed by atoms with Gasteiger partial charge in [-0.2, -0.15) is 0 Å². The van der Waals surface area contributed by atoms with Crippen molar-refractivity contribution in [2.75, 3.05) is 6.54 Å². The maximum absolute atomic E-state index is 11.4. The number of rotatable bonds is 5. The summed E-state index contributed by atoms with van der Waals surface area (Å²) in [5.74, 6) is -0.951. The van der Waals surface area contributed by atoms with E-state index in [0.717, 1.165) is 5.56 Å². The van der Waals surface area contributed by atoms with Crippen molar-refractivity contribution < 1.29 is 19.1 Å². The molecule has 2 amide bonds. The Labute approximate surface area is 99.0 Å². The van der Waals surface area contributed by atoms with Gasteiger partial charge in [0.05, 0.1) is 17.9 Å². The number of carboxylic acids is 1. The third kappa shape index (κ3) is 4.18. The summed E-state index contributed by atoms with van der Waals surface area (Å²) < 4.78 is 4.84. The molecule has 94 valence electrons. The number of amides is 2. The summed E-state index contributed by atoms with van der Waals surface area (Å²) in [4.78, 5) is 22.2. The normalized spacial score (nSPS) is 10.9. The van der Waals surface area contributed by atoms with Gasteiger partial charge in [-0.1, -0.05) is 0 Å². The summed E-state index contributed by atoms with van der Waals surface area (Å²) in [5, 5.41) is 13.9. The van der Waals surface area contributed by atoms with Crippen LogP contribution in [0, 0.1) is 5.41 Å². The highest BCUT2D eigenvalue weighted by Gasteiger charge is 2.27. The molecule has 6 nitrogen and oxygen atoms in total. The van der Waals surface area contributed by atoms with Gasteiger partial charge >= 0.3 is 12.0 Å². The Bertz CT molecular complexity index is 384. The highest BCUT2D eigenvalue weighted by Crippen LogP contribution is 2.12. The lowest BCUT2D eigenvalue weighted by Gasteiger charge is -2.19. The third-order valence-electron chi connectivity index (χ3n) is 2.30. The number of carboxylic acid groups (broad SMARTS) is 1. The van der Waals surface area contributed by atoms with Crippen LogP contribution in [0.25, 0.3) is 0 Å². The van der Waals surface area contributed by atoms with Gasteiger partial charge in [0.25, 0.3) is 0 Å². The van der Waals surface area contributed by atoms with Gasteiger partial charge in [0.1, 0.15) is 0 Å². The smallest absolute Gasteiger partial charge is 0.315 e. The molecule has 0 spiro atoms. The Balaban J connectivity index is 2.28. The molecule has 1 heterocycles. The number of carbonyl (C=O) groups is 2. The largest absolute Gasteiger partial charge is 0.481 e. The van der Waals surface area contributed by atoms with Crippen LogP contribution in [-0.4, -0.2) is 23.7 Å². The van der Waals surface area contributed by atoms with Crippen LogP contribution in [0.3, 0.4) is 0 Å². The van der Waals surface area contributed by atoms with Crippen molar-refractivity contribution in [3.63, 3.8) is 0 Å². The molecule has 0 aliphatic heterocycles. The summed E-state index contributed by atoms with van der Waals surface area (Å²) in [6.07, 6.45) is 3.05. The predicted octanol–water partition coefficient (Wildman–Crippen LogP) is 1.19. The van der Waals surface area contributed by atoms with Gasteiger partial charge in [-0.05, 0) is 19.9 Å². The van der Waals surface area contributed by atoms with E-state index in [9.17, 15) is 9.59 Å². The second-order valence-electron chi connectivity index (χ2n) is 4.36. The average molecular weight is 240 g/mol. The van der Waals surface area contributed by atoms with Gasteiger partial charge in [0, 0.05) is 18.7 Å². The van der Waals surface area contributed by atoms with Crippen LogP contribution in [0.5, 0.6) is 0 Å². The second-order valence-corrected chi connectivity index (χ2v) is 4.36. The lowest BCUT2D eigenvalue weighted by Crippen LogP contribution is -2.43. The zero-order chi connectivity index (χ0) is 12.9. The Morgan fingerprint density at radius 2 is 2.12 bits per heavy atom. The maximum Gasteiger partial charge on any atom is 0.315 e. The molecule has 0 saturated heterocycles. The lowest BCUT2D eigenvalue weighted by atomic mass is 9.94. The topological polar surface area (TPSA) is 91.6 Å². The Hall–Kier alpha value is -1.98. The highest BCUT2D eigenvalue weighted by molar-refractivity contribution is 5.77. The number of nitrogens with one attached hydrogen (secondary N) is 2. The fraction of sp³-hybridized carbons (Fsp3) is 0.455. The summed E-state index contributed by atoms with van der Waals surface area (Å²) in [6.45, 7) is 3.51. The van der Waals surface area contributed by atoms with Gasteiger partial charge in [-0.3, -0.25) is 4.79 Å². The Kier molecular flexibility index (Phi) is 4.14. The highest BCUT2D eigenvalue weighted by atomic mass is 16.4. The van der Waals surface area contributed by atoms with E-state index in [0.29, 0.717) is 6.54 Å². The molecule has 0 unspecified atom stereocenters. The van der Waals surface area contributed by atoms with Gasteiger partial charge in [-0.15, -0.1) is 0 Å². The minimum Gasteiger partial charge on any atom is -0.481 e. The lowest BCUT2D eigenvalue weighted by molar-refractivity contribution is -0.146. The molecule has 1 rings (SSSR count). The van der Waals surface area contributed by atoms with Crippen molar-refractivity contribution >= 4 is 12.0 Å². The van der Waals surface area contributed by atoms with Crippen LogP contribution in [0.15, 0.2) is 23.0 Å². The molecule has 0 fully saturated rings. The standard InChI is InChI=1S/C11H16N2O4/c1-11(2,9(14)15)7-13-10(16)12-5-8-3-4-17-6-8/h3-4,6H,5,7H2,1-2H3,(H,14,15)(H2,12,13,16). The van der Waals surface area contributed by atoms with Crippen molar-refractivity contribution in [3.05, 3.63) is 24.2 Å². The van der Waals surface area contributed by atoms with Gasteiger partial charge < -0.3 is 20.2 Å². The first kappa shape index (κ1) is 13.1. The molecule has 0 radical (unpaired) electrons. The van der Waals surface area contributed by atoms with E-state index < -0.39 is 17.4 Å². The molecular formula is C11H16N2O4. The van der Waals surface area contributed by atoms with Crippen LogP contribution in [0.4, 0.5) is 4.79 Å². The molecule has 3 N–H and O–H groups in total. The zero-order valence-electron chi connectivity index (χ0n) is 9.82. The molecule has 17 heavy (non-hydrogen) atoms. The fourth-order valence-electron chi connectivity index (χ4n) is 1.01. The quantitative estimate of drug-likeness (QED) is 0.720. The molecule has 0 aliphatic rings. The number of aliphatic carboxylic acids is 1. The molecule has 0 bridgehead atoms. The van der Waals surface area contributed by atoms with E-state index in [-0.39, 0.29) is 6.54 Å². The van der Waals surface area contributed by atoms with Crippen LogP contribution >= 0.6 is 0 Å². The summed E-state index contributed by atoms with van der Waals surface area (Å²) in [5.41, 5.74) is -0.134. The average Bonchev–Trinajstić information content (AvgIpc) is 2.76. The number of hydrogen-bond acceptors (Lipinski definition) is 3. The van der Waals surface area contributed by atoms with Crippen molar-refractivity contribution in [2.45, 2.75) is 20.4 Å². The van der Waals surface area contributed by atoms with Crippen molar-refractivity contribution in [1.82, 2.24) is 10.6 Å². The first-order chi connectivity index (χ1) is 7.92. The minimum atomic E-state index is -0.979. The number of hydrogen-bond donors (Lipinski definition) is 3. The van der Waals surface area contributed by atoms with Crippen LogP contribution in [0.2, 0.25) is 0 Å². The van der Waals surface area contributed by atoms with Crippen molar-refractivity contribution in [1.29, 1.82) is 0 Å². The minimum absolute atomic E-state index is 0.0690. The van der Waals surface area contributed by atoms with E-state index in [1.54, 1.807) is 19.9 Å². The van der Waals surface area contributed by atoms with E-state index in [2.05, 4.69) is 10.6 Å². The monoisotopic (exact) mass is 240 g/mol. The van der Waals surface area contributed by atoms with Crippen molar-refractivity contribution in [3.8, 4) is 0 Å². The molecular weight excluding hydrogens is 224 g/mol. The Morgan fingerprint density at radius 1 is 1.41 bits per heavy atom. The van der Waals surface area contributed by atoms with E-state index in [1.807, 2.05) is 0 Å². The molecule has 6 heteroatoms. The first-order valence-corrected chi connectivity index (χ1v) is 5.18. The third-order valence-corrected chi connectivity index (χ3v) is 2.30. The van der Waals surface area contributed by atoms with Gasteiger partial charge in [0.15, 0.2) is 0 Å². The molecule has 0 saturated carbocycles. The van der Waals surface area contributed by atoms with E-state index in [4.69, 9.17) is 9.52 Å². The molecule has 1 aromatic rings. The van der Waals surface area contributed by atoms with Gasteiger partial charge in [-0.25, -0.2) is 4.79 Å². The molecule has 0 atom stereocenters. The maximum atomic E-state index is 11.4. The van der Waals surface area contributed by atoms with Crippen LogP contribution in [-0.2, 0) is 11.3 Å². The Morgan fingerprint density at radius 3 is 2.65 bits per heavy atom. The molecule has 1 aromatic heterocycles. The van der Waals surface area contributed by atoms with Crippen molar-refractivity contribution in [2.24, 2.45) is 5.41 Å². The summed E-state index contributed by atoms with van der Waals surface area (Å²) in [6, 6.07) is 1.34. The number of carbonyl (C=O) groups excluding carboxylic acids is 1. The number of furan rings is 1. The number of urea groups is 1. The van der Waals surface area contributed by atoms with Gasteiger partial charge in [0.2, 0.25) is 0 Å². The summed E-state index contributed by atoms with van der Waals surface area (Å²) >= 11 is 0. The fourth-order valence-corrected chi connectivity index (χ4v) is 1.01. The molecule has 0 aliphatic carbocycles. The zero-order valence-corrected chi connectivity index (χ0v) is 9.82. The summed E-state index contributed by atoms with van der Waals surface area (Å²) in [7, 11) is 0. The molecule has 0 aromatic carbocycles. The predicted molar refractivity (Wildman–Crippen MR) is 60.4 cm³/mol. The van der Waals surface area contributed by atoms with Crippen LogP contribution < -0.4 is 10.6 Å². The SMILES string of the molecule is CC(C)(CNC(=O)NCc1ccoc1)C(=O)O. The van der Waals surface area contributed by atoms with Crippen LogP contribution in [0.1, 0.15) is 19.4 Å². The van der Waals surface area contributed by atoms with E-state index >= 15 is 0 Å². The van der Waals surface area contributed by atoms with E-state index in [1.165, 1.54) is 12.5 Å².